The Hall–Kier alpha value is -1.95. The Balaban J connectivity index is 2.53. The molecular weight excluding hydrogens is 266 g/mol. The van der Waals surface area contributed by atoms with Gasteiger partial charge in [-0.15, -0.1) is 0 Å². The van der Waals surface area contributed by atoms with Crippen LogP contribution in [0.4, 0.5) is 0 Å². The number of aryl methyl sites for hydroxylation is 1. The first kappa shape index (κ1) is 13.5. The molecule has 0 fully saturated rings. The molecule has 2 rings (SSSR count). The van der Waals surface area contributed by atoms with E-state index in [1.807, 2.05) is 12.1 Å². The molecule has 0 spiro atoms. The molecule has 100 valence electrons. The van der Waals surface area contributed by atoms with Crippen molar-refractivity contribution < 1.29 is 18.0 Å². The molecule has 0 radical (unpaired) electrons. The summed E-state index contributed by atoms with van der Waals surface area (Å²) in [5.74, 6) is -0.720. The summed E-state index contributed by atoms with van der Waals surface area (Å²) in [6.45, 7) is 0.155. The summed E-state index contributed by atoms with van der Waals surface area (Å²) in [6, 6.07) is 7.14. The van der Waals surface area contributed by atoms with Crippen LogP contribution >= 0.6 is 0 Å². The number of carbonyl (C=O) groups is 2. The van der Waals surface area contributed by atoms with E-state index in [9.17, 15) is 18.0 Å². The number of benzene rings is 1. The highest BCUT2D eigenvalue weighted by molar-refractivity contribution is 7.90. The van der Waals surface area contributed by atoms with Gasteiger partial charge in [0.15, 0.2) is 6.29 Å². The Morgan fingerprint density at radius 1 is 1.32 bits per heavy atom. The molecule has 19 heavy (non-hydrogen) atoms. The highest BCUT2D eigenvalue weighted by Crippen LogP contribution is 2.21. The quantitative estimate of drug-likeness (QED) is 0.466. The first-order chi connectivity index (χ1) is 8.92. The van der Waals surface area contributed by atoms with Gasteiger partial charge < -0.3 is 4.57 Å². The smallest absolute Gasteiger partial charge is 0.242 e. The number of rotatable bonds is 5. The third kappa shape index (κ3) is 2.90. The molecule has 0 bridgehead atoms. The maximum Gasteiger partial charge on any atom is 0.242 e. The molecule has 0 N–H and O–H groups in total. The van der Waals surface area contributed by atoms with E-state index < -0.39 is 15.6 Å². The van der Waals surface area contributed by atoms with E-state index in [1.54, 1.807) is 18.3 Å². The minimum atomic E-state index is -3.13. The molecule has 0 unspecified atom stereocenters. The van der Waals surface area contributed by atoms with E-state index in [0.29, 0.717) is 5.39 Å². The zero-order chi connectivity index (χ0) is 14.0. The Bertz CT molecular complexity index is 743. The van der Waals surface area contributed by atoms with E-state index in [4.69, 9.17) is 0 Å². The van der Waals surface area contributed by atoms with E-state index in [-0.39, 0.29) is 24.3 Å². The van der Waals surface area contributed by atoms with E-state index in [0.717, 1.165) is 11.6 Å². The van der Waals surface area contributed by atoms with E-state index in [1.165, 1.54) is 4.57 Å². The van der Waals surface area contributed by atoms with Crippen LogP contribution in [0.25, 0.3) is 10.8 Å². The second kappa shape index (κ2) is 4.97. The van der Waals surface area contributed by atoms with Crippen molar-refractivity contribution in [2.75, 3.05) is 12.0 Å². The number of aromatic nitrogens is 1. The first-order valence-electron chi connectivity index (χ1n) is 5.67. The van der Waals surface area contributed by atoms with Crippen LogP contribution in [-0.4, -0.2) is 37.1 Å². The van der Waals surface area contributed by atoms with Gasteiger partial charge in [0.25, 0.3) is 0 Å². The number of hydrogen-bond donors (Lipinski definition) is 0. The van der Waals surface area contributed by atoms with E-state index >= 15 is 0 Å². The molecule has 0 saturated heterocycles. The summed E-state index contributed by atoms with van der Waals surface area (Å²) in [7, 11) is -3.13. The molecule has 1 aromatic heterocycles. The topological polar surface area (TPSA) is 73.2 Å². The maximum absolute atomic E-state index is 11.7. The molecule has 5 nitrogen and oxygen atoms in total. The fourth-order valence-electron chi connectivity index (χ4n) is 1.98. The zero-order valence-corrected chi connectivity index (χ0v) is 11.2. The lowest BCUT2D eigenvalue weighted by atomic mass is 10.1. The van der Waals surface area contributed by atoms with Gasteiger partial charge in [0.05, 0.1) is 5.75 Å². The van der Waals surface area contributed by atoms with Crippen LogP contribution in [0.3, 0.4) is 0 Å². The van der Waals surface area contributed by atoms with Crippen molar-refractivity contribution in [2.24, 2.45) is 0 Å². The molecule has 1 aromatic carbocycles. The van der Waals surface area contributed by atoms with Gasteiger partial charge in [-0.1, -0.05) is 24.3 Å². The third-order valence-corrected chi connectivity index (χ3v) is 3.77. The number of hydrogen-bond acceptors (Lipinski definition) is 4. The Morgan fingerprint density at radius 3 is 2.63 bits per heavy atom. The van der Waals surface area contributed by atoms with Crippen LogP contribution in [0.5, 0.6) is 0 Å². The highest BCUT2D eigenvalue weighted by Gasteiger charge is 2.16. The molecule has 2 aromatic rings. The molecular formula is C13H13NO4S. The predicted octanol–water partition coefficient (Wildman–Crippen LogP) is 1.07. The second-order valence-corrected chi connectivity index (χ2v) is 6.63. The summed E-state index contributed by atoms with van der Waals surface area (Å²) in [6.07, 6.45) is 3.08. The van der Waals surface area contributed by atoms with Crippen LogP contribution in [-0.2, 0) is 21.2 Å². The molecule has 1 heterocycles. The second-order valence-electron chi connectivity index (χ2n) is 4.37. The number of nitrogens with zero attached hydrogens (tertiary/aromatic N) is 1. The van der Waals surface area contributed by atoms with Gasteiger partial charge in [-0.2, -0.15) is 0 Å². The minimum absolute atomic E-state index is 0.0763. The molecule has 0 aliphatic rings. The third-order valence-electron chi connectivity index (χ3n) is 2.84. The number of Topliss-reactive ketones (excluding diaryl/α,β-unsaturated/α-hetero) is 1. The Morgan fingerprint density at radius 2 is 2.00 bits per heavy atom. The van der Waals surface area contributed by atoms with Crippen LogP contribution in [0, 0.1) is 0 Å². The van der Waals surface area contributed by atoms with Gasteiger partial charge in [-0.25, -0.2) is 8.42 Å². The van der Waals surface area contributed by atoms with Gasteiger partial charge in [-0.05, 0) is 0 Å². The number of fused-ring (bicyclic) bond motifs is 1. The number of carbonyl (C=O) groups excluding carboxylic acids is 2. The number of ketones is 1. The molecule has 0 aliphatic carbocycles. The average molecular weight is 279 g/mol. The zero-order valence-electron chi connectivity index (χ0n) is 10.4. The lowest BCUT2D eigenvalue weighted by Gasteiger charge is -2.05. The largest absolute Gasteiger partial charge is 0.343 e. The van der Waals surface area contributed by atoms with E-state index in [2.05, 4.69) is 0 Å². The highest BCUT2D eigenvalue weighted by atomic mass is 32.2. The monoisotopic (exact) mass is 279 g/mol. The van der Waals surface area contributed by atoms with Crippen molar-refractivity contribution >= 4 is 32.7 Å². The SMILES string of the molecule is CS(=O)(=O)CCn1cc2ccccc2c1C(=O)C=O. The molecule has 0 amide bonds. The van der Waals surface area contributed by atoms with Crippen LogP contribution in [0.15, 0.2) is 30.5 Å². The summed E-state index contributed by atoms with van der Waals surface area (Å²) >= 11 is 0. The summed E-state index contributed by atoms with van der Waals surface area (Å²) < 4.78 is 23.9. The first-order valence-corrected chi connectivity index (χ1v) is 7.73. The van der Waals surface area contributed by atoms with Gasteiger partial charge >= 0.3 is 0 Å². The molecule has 0 saturated carbocycles. The maximum atomic E-state index is 11.7. The molecule has 0 aliphatic heterocycles. The van der Waals surface area contributed by atoms with Crippen molar-refractivity contribution in [3.63, 3.8) is 0 Å². The Labute approximate surface area is 110 Å². The van der Waals surface area contributed by atoms with Gasteiger partial charge in [0.2, 0.25) is 5.78 Å². The normalized spacial score (nSPS) is 11.6. The standard InChI is InChI=1S/C13H13NO4S/c1-19(17,18)7-6-14-8-10-4-2-3-5-11(10)13(14)12(16)9-15/h2-5,8-9H,6-7H2,1H3. The van der Waals surface area contributed by atoms with Crippen molar-refractivity contribution in [1.82, 2.24) is 4.57 Å². The van der Waals surface area contributed by atoms with Crippen LogP contribution in [0.2, 0.25) is 0 Å². The van der Waals surface area contributed by atoms with Gasteiger partial charge in [-0.3, -0.25) is 9.59 Å². The van der Waals surface area contributed by atoms with Crippen LogP contribution < -0.4 is 0 Å². The van der Waals surface area contributed by atoms with Crippen LogP contribution in [0.1, 0.15) is 10.5 Å². The van der Waals surface area contributed by atoms with Crippen molar-refractivity contribution in [1.29, 1.82) is 0 Å². The fraction of sp³-hybridized carbons (Fsp3) is 0.231. The average Bonchev–Trinajstić information content (AvgIpc) is 2.73. The number of sulfone groups is 1. The Kier molecular flexibility index (Phi) is 3.53. The summed E-state index contributed by atoms with van der Waals surface area (Å²) in [4.78, 5) is 22.4. The summed E-state index contributed by atoms with van der Waals surface area (Å²) in [5.41, 5.74) is 0.245. The minimum Gasteiger partial charge on any atom is -0.343 e. The fourth-order valence-corrected chi connectivity index (χ4v) is 2.51. The predicted molar refractivity (Wildman–Crippen MR) is 72.0 cm³/mol. The number of aldehydes is 1. The molecule has 0 atom stereocenters. The van der Waals surface area contributed by atoms with Gasteiger partial charge in [0.1, 0.15) is 15.5 Å². The van der Waals surface area contributed by atoms with Crippen molar-refractivity contribution in [3.05, 3.63) is 36.2 Å². The van der Waals surface area contributed by atoms with Gasteiger partial charge in [0, 0.05) is 29.8 Å². The molecule has 6 heteroatoms. The summed E-state index contributed by atoms with van der Waals surface area (Å²) in [5, 5.41) is 1.47. The van der Waals surface area contributed by atoms with Crippen molar-refractivity contribution in [2.45, 2.75) is 6.54 Å². The lowest BCUT2D eigenvalue weighted by molar-refractivity contribution is -0.104. The lowest BCUT2D eigenvalue weighted by Crippen LogP contribution is -2.15. The van der Waals surface area contributed by atoms with Crippen molar-refractivity contribution in [3.8, 4) is 0 Å².